The lowest BCUT2D eigenvalue weighted by Crippen LogP contribution is -2.42. The summed E-state index contributed by atoms with van der Waals surface area (Å²) in [6, 6.07) is 0. The van der Waals surface area contributed by atoms with Gasteiger partial charge in [0.2, 0.25) is 0 Å². The zero-order chi connectivity index (χ0) is 9.56. The van der Waals surface area contributed by atoms with Gasteiger partial charge in [-0.15, -0.1) is 0 Å². The monoisotopic (exact) mass is 191 g/mol. The average molecular weight is 191 g/mol. The Kier molecular flexibility index (Phi) is 6.84. The molecule has 0 aromatic heterocycles. The molecule has 0 fully saturated rings. The number of nitrogens with one attached hydrogen (secondary N) is 1. The summed E-state index contributed by atoms with van der Waals surface area (Å²) < 4.78 is 0. The first-order valence-corrected chi connectivity index (χ1v) is 4.92. The van der Waals surface area contributed by atoms with Crippen LogP contribution in [-0.2, 0) is 0 Å². The van der Waals surface area contributed by atoms with Gasteiger partial charge >= 0.3 is 0 Å². The number of likely N-dealkylation sites (N-methyl/N-ethyl adjacent to an activating group) is 2. The largest absolute Gasteiger partial charge is 0.305 e. The molecule has 0 spiro atoms. The molecule has 0 aliphatic carbocycles. The molecule has 0 amide bonds. The van der Waals surface area contributed by atoms with Gasteiger partial charge in [0.15, 0.2) is 0 Å². The van der Waals surface area contributed by atoms with E-state index in [0.29, 0.717) is 6.17 Å². The van der Waals surface area contributed by atoms with Gasteiger partial charge in [0, 0.05) is 19.0 Å². The van der Waals surface area contributed by atoms with Gasteiger partial charge in [-0.05, 0) is 28.1 Å². The minimum Gasteiger partial charge on any atom is -0.305 e. The Balaban J connectivity index is 3.49. The molecule has 0 saturated heterocycles. The summed E-state index contributed by atoms with van der Waals surface area (Å²) in [6.45, 7) is 4.28. The van der Waals surface area contributed by atoms with Crippen molar-refractivity contribution >= 4 is 12.6 Å². The van der Waals surface area contributed by atoms with E-state index in [9.17, 15) is 0 Å². The molecule has 0 aliphatic heterocycles. The molecule has 1 atom stereocenters. The highest BCUT2D eigenvalue weighted by Gasteiger charge is 2.05. The van der Waals surface area contributed by atoms with Gasteiger partial charge in [0.25, 0.3) is 0 Å². The molecule has 0 bridgehead atoms. The minimum atomic E-state index is 0.443. The van der Waals surface area contributed by atoms with Crippen molar-refractivity contribution < 1.29 is 0 Å². The van der Waals surface area contributed by atoms with Crippen LogP contribution in [0.1, 0.15) is 6.92 Å². The normalized spacial score (nSPS) is 14.2. The highest BCUT2D eigenvalue weighted by atomic mass is 32.1. The lowest BCUT2D eigenvalue weighted by atomic mass is 10.4. The second-order valence-corrected chi connectivity index (χ2v) is 3.45. The molecule has 0 aromatic carbocycles. The van der Waals surface area contributed by atoms with E-state index in [0.717, 1.165) is 19.0 Å². The first-order valence-electron chi connectivity index (χ1n) is 4.28. The van der Waals surface area contributed by atoms with Crippen molar-refractivity contribution in [3.63, 3.8) is 0 Å². The van der Waals surface area contributed by atoms with Crippen LogP contribution < -0.4 is 5.32 Å². The zero-order valence-corrected chi connectivity index (χ0v) is 9.43. The van der Waals surface area contributed by atoms with Crippen molar-refractivity contribution in [3.8, 4) is 0 Å². The fourth-order valence-electron chi connectivity index (χ4n) is 0.813. The predicted molar refractivity (Wildman–Crippen MR) is 57.6 cm³/mol. The molecule has 12 heavy (non-hydrogen) atoms. The van der Waals surface area contributed by atoms with Crippen LogP contribution in [-0.4, -0.2) is 56.1 Å². The standard InChI is InChI=1S/C8H21N3S/c1-8(9-2)11(4)6-5-10(3)7-12/h8-9,12H,5-7H2,1-4H3. The summed E-state index contributed by atoms with van der Waals surface area (Å²) in [5.41, 5.74) is 0. The smallest absolute Gasteiger partial charge is 0.0563 e. The molecule has 4 heteroatoms. The Morgan fingerprint density at radius 1 is 1.33 bits per heavy atom. The van der Waals surface area contributed by atoms with Crippen LogP contribution in [0.5, 0.6) is 0 Å². The van der Waals surface area contributed by atoms with Gasteiger partial charge in [-0.3, -0.25) is 9.80 Å². The third-order valence-electron chi connectivity index (χ3n) is 2.15. The van der Waals surface area contributed by atoms with Gasteiger partial charge in [0.1, 0.15) is 0 Å². The first kappa shape index (κ1) is 12.2. The maximum absolute atomic E-state index is 4.18. The van der Waals surface area contributed by atoms with Gasteiger partial charge < -0.3 is 5.32 Å². The van der Waals surface area contributed by atoms with Crippen molar-refractivity contribution in [3.05, 3.63) is 0 Å². The van der Waals surface area contributed by atoms with Gasteiger partial charge in [-0.25, -0.2) is 0 Å². The SMILES string of the molecule is CNC(C)N(C)CCN(C)CS. The average Bonchev–Trinajstić information content (AvgIpc) is 2.11. The quantitative estimate of drug-likeness (QED) is 0.465. The van der Waals surface area contributed by atoms with E-state index in [1.54, 1.807) is 0 Å². The van der Waals surface area contributed by atoms with Crippen LogP contribution in [0.3, 0.4) is 0 Å². The van der Waals surface area contributed by atoms with Gasteiger partial charge in [-0.2, -0.15) is 12.6 Å². The minimum absolute atomic E-state index is 0.443. The van der Waals surface area contributed by atoms with E-state index >= 15 is 0 Å². The number of hydrogen-bond acceptors (Lipinski definition) is 4. The van der Waals surface area contributed by atoms with Gasteiger partial charge in [0.05, 0.1) is 6.17 Å². The number of thiol groups is 1. The Morgan fingerprint density at radius 2 is 1.92 bits per heavy atom. The lowest BCUT2D eigenvalue weighted by Gasteiger charge is -2.26. The summed E-state index contributed by atoms with van der Waals surface area (Å²) >= 11 is 4.18. The molecular weight excluding hydrogens is 170 g/mol. The van der Waals surface area contributed by atoms with Crippen LogP contribution in [0.2, 0.25) is 0 Å². The highest BCUT2D eigenvalue weighted by Crippen LogP contribution is 1.92. The second kappa shape index (κ2) is 6.71. The van der Waals surface area contributed by atoms with Crippen molar-refractivity contribution in [1.29, 1.82) is 0 Å². The molecule has 0 saturated carbocycles. The summed E-state index contributed by atoms with van der Waals surface area (Å²) in [6.07, 6.45) is 0.443. The zero-order valence-electron chi connectivity index (χ0n) is 8.54. The van der Waals surface area contributed by atoms with E-state index in [2.05, 4.69) is 48.8 Å². The van der Waals surface area contributed by atoms with Crippen LogP contribution in [0, 0.1) is 0 Å². The summed E-state index contributed by atoms with van der Waals surface area (Å²) in [5.74, 6) is 0.821. The number of nitrogens with zero attached hydrogens (tertiary/aromatic N) is 2. The van der Waals surface area contributed by atoms with Crippen LogP contribution in [0.15, 0.2) is 0 Å². The molecule has 0 radical (unpaired) electrons. The molecule has 1 N–H and O–H groups in total. The molecule has 0 aromatic rings. The number of rotatable bonds is 6. The van der Waals surface area contributed by atoms with E-state index in [4.69, 9.17) is 0 Å². The van der Waals surface area contributed by atoms with Crippen molar-refractivity contribution in [2.45, 2.75) is 13.1 Å². The Hall–Kier alpha value is 0.230. The van der Waals surface area contributed by atoms with Crippen molar-refractivity contribution in [2.24, 2.45) is 0 Å². The molecule has 0 heterocycles. The van der Waals surface area contributed by atoms with Crippen LogP contribution >= 0.6 is 12.6 Å². The fraction of sp³-hybridized carbons (Fsp3) is 1.00. The first-order chi connectivity index (χ1) is 5.61. The van der Waals surface area contributed by atoms with E-state index < -0.39 is 0 Å². The lowest BCUT2D eigenvalue weighted by molar-refractivity contribution is 0.206. The van der Waals surface area contributed by atoms with Gasteiger partial charge in [-0.1, -0.05) is 0 Å². The third-order valence-corrected chi connectivity index (χ3v) is 2.64. The maximum atomic E-state index is 4.18. The summed E-state index contributed by atoms with van der Waals surface area (Å²) in [7, 11) is 6.17. The molecule has 0 rings (SSSR count). The number of hydrogen-bond donors (Lipinski definition) is 2. The highest BCUT2D eigenvalue weighted by molar-refractivity contribution is 7.80. The molecule has 74 valence electrons. The summed E-state index contributed by atoms with van der Waals surface area (Å²) in [5, 5.41) is 3.19. The fourth-order valence-corrected chi connectivity index (χ4v) is 0.955. The van der Waals surface area contributed by atoms with Crippen LogP contribution in [0.25, 0.3) is 0 Å². The van der Waals surface area contributed by atoms with E-state index in [-0.39, 0.29) is 0 Å². The van der Waals surface area contributed by atoms with E-state index in [1.165, 1.54) is 0 Å². The summed E-state index contributed by atoms with van der Waals surface area (Å²) in [4.78, 5) is 4.46. The Bertz CT molecular complexity index is 110. The topological polar surface area (TPSA) is 18.5 Å². The molecule has 1 unspecified atom stereocenters. The van der Waals surface area contributed by atoms with E-state index in [1.807, 2.05) is 7.05 Å². The van der Waals surface area contributed by atoms with Crippen molar-refractivity contribution in [2.75, 3.05) is 40.1 Å². The maximum Gasteiger partial charge on any atom is 0.0563 e. The predicted octanol–water partition coefficient (Wildman–Crippen LogP) is 0.303. The second-order valence-electron chi connectivity index (χ2n) is 3.17. The van der Waals surface area contributed by atoms with Crippen molar-refractivity contribution in [1.82, 2.24) is 15.1 Å². The third kappa shape index (κ3) is 4.98. The van der Waals surface area contributed by atoms with Crippen LogP contribution in [0.4, 0.5) is 0 Å². The molecular formula is C8H21N3S. The Morgan fingerprint density at radius 3 is 2.33 bits per heavy atom. The Labute approximate surface area is 81.5 Å². The molecule has 3 nitrogen and oxygen atoms in total. The molecule has 0 aliphatic rings.